The maximum Gasteiger partial charge on any atom is 0.260 e. The summed E-state index contributed by atoms with van der Waals surface area (Å²) in [6, 6.07) is 3.62. The van der Waals surface area contributed by atoms with Gasteiger partial charge in [0.1, 0.15) is 5.75 Å². The number of hydrogen-bond acceptors (Lipinski definition) is 3. The summed E-state index contributed by atoms with van der Waals surface area (Å²) in [6.07, 6.45) is 0. The molecule has 0 bridgehead atoms. The van der Waals surface area contributed by atoms with E-state index in [-0.39, 0.29) is 19.1 Å². The van der Waals surface area contributed by atoms with Gasteiger partial charge in [0.2, 0.25) is 0 Å². The third-order valence-corrected chi connectivity index (χ3v) is 3.47. The minimum atomic E-state index is -0.137. The van der Waals surface area contributed by atoms with Crippen LogP contribution in [0.2, 0.25) is 5.02 Å². The van der Waals surface area contributed by atoms with Gasteiger partial charge >= 0.3 is 0 Å². The van der Waals surface area contributed by atoms with E-state index in [4.69, 9.17) is 21.4 Å². The first-order valence-corrected chi connectivity index (χ1v) is 6.65. The zero-order chi connectivity index (χ0) is 14.4. The Balaban J connectivity index is 2.64. The van der Waals surface area contributed by atoms with Crippen molar-refractivity contribution in [3.63, 3.8) is 0 Å². The molecule has 5 heteroatoms. The second-order valence-corrected chi connectivity index (χ2v) is 4.73. The van der Waals surface area contributed by atoms with Gasteiger partial charge in [-0.25, -0.2) is 0 Å². The maximum atomic E-state index is 11.8. The van der Waals surface area contributed by atoms with Gasteiger partial charge in [-0.2, -0.15) is 0 Å². The van der Waals surface area contributed by atoms with Crippen molar-refractivity contribution >= 4 is 17.5 Å². The number of carbonyl (C=O) groups excluding carboxylic acids is 1. The zero-order valence-electron chi connectivity index (χ0n) is 11.6. The van der Waals surface area contributed by atoms with Crippen LogP contribution in [0.3, 0.4) is 0 Å². The number of halogens is 1. The normalized spacial score (nSPS) is 10.4. The fourth-order valence-electron chi connectivity index (χ4n) is 1.81. The van der Waals surface area contributed by atoms with Crippen molar-refractivity contribution in [1.82, 2.24) is 4.90 Å². The van der Waals surface area contributed by atoms with Crippen molar-refractivity contribution in [3.05, 3.63) is 28.3 Å². The Bertz CT molecular complexity index is 425. The molecule has 1 aromatic carbocycles. The molecule has 1 N–H and O–H groups in total. The first-order valence-electron chi connectivity index (χ1n) is 6.27. The molecule has 1 amide bonds. The Kier molecular flexibility index (Phi) is 6.12. The molecule has 0 unspecified atom stereocenters. The van der Waals surface area contributed by atoms with Gasteiger partial charge in [-0.15, -0.1) is 0 Å². The van der Waals surface area contributed by atoms with Crippen LogP contribution in [0.5, 0.6) is 5.75 Å². The third kappa shape index (κ3) is 4.40. The van der Waals surface area contributed by atoms with E-state index in [1.54, 1.807) is 4.90 Å². The van der Waals surface area contributed by atoms with Crippen LogP contribution in [-0.4, -0.2) is 42.2 Å². The van der Waals surface area contributed by atoms with Crippen LogP contribution in [0, 0.1) is 13.8 Å². The number of benzene rings is 1. The average molecular weight is 286 g/mol. The molecule has 0 spiro atoms. The number of rotatable bonds is 6. The molecule has 1 aromatic rings. The lowest BCUT2D eigenvalue weighted by atomic mass is 10.1. The Morgan fingerprint density at radius 1 is 1.37 bits per heavy atom. The van der Waals surface area contributed by atoms with Gasteiger partial charge in [-0.05, 0) is 44.0 Å². The standard InChI is InChI=1S/C14H20ClNO3/c1-4-16(5-6-17)13(18)9-19-12-7-10(2)14(15)11(3)8-12/h7-8,17H,4-6,9H2,1-3H3. The van der Waals surface area contributed by atoms with E-state index in [2.05, 4.69) is 0 Å². The minimum Gasteiger partial charge on any atom is -0.484 e. The molecular weight excluding hydrogens is 266 g/mol. The average Bonchev–Trinajstić information content (AvgIpc) is 2.39. The molecule has 0 aromatic heterocycles. The van der Waals surface area contributed by atoms with Crippen molar-refractivity contribution in [2.45, 2.75) is 20.8 Å². The lowest BCUT2D eigenvalue weighted by molar-refractivity contribution is -0.133. The van der Waals surface area contributed by atoms with Crippen molar-refractivity contribution in [2.24, 2.45) is 0 Å². The van der Waals surface area contributed by atoms with Gasteiger partial charge in [0.15, 0.2) is 6.61 Å². The first-order chi connectivity index (χ1) is 8.99. The number of aryl methyl sites for hydroxylation is 2. The van der Waals surface area contributed by atoms with E-state index >= 15 is 0 Å². The quantitative estimate of drug-likeness (QED) is 0.871. The van der Waals surface area contributed by atoms with Crippen molar-refractivity contribution < 1.29 is 14.6 Å². The third-order valence-electron chi connectivity index (χ3n) is 2.88. The number of aliphatic hydroxyl groups is 1. The van der Waals surface area contributed by atoms with Crippen molar-refractivity contribution in [3.8, 4) is 5.75 Å². The van der Waals surface area contributed by atoms with Crippen LogP contribution >= 0.6 is 11.6 Å². The number of carbonyl (C=O) groups is 1. The minimum absolute atomic E-state index is 0.0334. The first kappa shape index (κ1) is 15.8. The number of hydrogen-bond donors (Lipinski definition) is 1. The van der Waals surface area contributed by atoms with Crippen LogP contribution < -0.4 is 4.74 Å². The molecular formula is C14H20ClNO3. The number of likely N-dealkylation sites (N-methyl/N-ethyl adjacent to an activating group) is 1. The fraction of sp³-hybridized carbons (Fsp3) is 0.500. The number of nitrogens with zero attached hydrogens (tertiary/aromatic N) is 1. The predicted molar refractivity (Wildman–Crippen MR) is 75.8 cm³/mol. The smallest absolute Gasteiger partial charge is 0.260 e. The highest BCUT2D eigenvalue weighted by atomic mass is 35.5. The molecule has 0 radical (unpaired) electrons. The summed E-state index contributed by atoms with van der Waals surface area (Å²) in [5, 5.41) is 9.57. The Morgan fingerprint density at radius 2 is 1.95 bits per heavy atom. The van der Waals surface area contributed by atoms with E-state index < -0.39 is 0 Å². The molecule has 0 aliphatic carbocycles. The van der Waals surface area contributed by atoms with E-state index in [1.807, 2.05) is 32.9 Å². The summed E-state index contributed by atoms with van der Waals surface area (Å²) < 4.78 is 5.48. The monoisotopic (exact) mass is 285 g/mol. The van der Waals surface area contributed by atoms with Gasteiger partial charge in [0.25, 0.3) is 5.91 Å². The molecule has 0 saturated heterocycles. The fourth-order valence-corrected chi connectivity index (χ4v) is 1.91. The highest BCUT2D eigenvalue weighted by Crippen LogP contribution is 2.25. The van der Waals surface area contributed by atoms with Crippen LogP contribution in [0.25, 0.3) is 0 Å². The van der Waals surface area contributed by atoms with Gasteiger partial charge in [0, 0.05) is 18.1 Å². The number of amides is 1. The summed E-state index contributed by atoms with van der Waals surface area (Å²) in [5.74, 6) is 0.495. The van der Waals surface area contributed by atoms with Gasteiger partial charge < -0.3 is 14.7 Å². The van der Waals surface area contributed by atoms with E-state index in [0.717, 1.165) is 11.1 Å². The molecule has 0 aliphatic heterocycles. The molecule has 0 fully saturated rings. The summed E-state index contributed by atoms with van der Waals surface area (Å²) >= 11 is 6.07. The lowest BCUT2D eigenvalue weighted by Crippen LogP contribution is -2.36. The molecule has 0 heterocycles. The lowest BCUT2D eigenvalue weighted by Gasteiger charge is -2.20. The van der Waals surface area contributed by atoms with E-state index in [0.29, 0.717) is 23.9 Å². The predicted octanol–water partition coefficient (Wildman–Crippen LogP) is 2.18. The highest BCUT2D eigenvalue weighted by Gasteiger charge is 2.12. The highest BCUT2D eigenvalue weighted by molar-refractivity contribution is 6.32. The van der Waals surface area contributed by atoms with Crippen LogP contribution in [0.1, 0.15) is 18.1 Å². The molecule has 106 valence electrons. The van der Waals surface area contributed by atoms with E-state index in [1.165, 1.54) is 0 Å². The largest absolute Gasteiger partial charge is 0.484 e. The Morgan fingerprint density at radius 3 is 2.42 bits per heavy atom. The van der Waals surface area contributed by atoms with Gasteiger partial charge in [-0.3, -0.25) is 4.79 Å². The molecule has 19 heavy (non-hydrogen) atoms. The number of ether oxygens (including phenoxy) is 1. The zero-order valence-corrected chi connectivity index (χ0v) is 12.3. The van der Waals surface area contributed by atoms with Crippen molar-refractivity contribution in [2.75, 3.05) is 26.3 Å². The summed E-state index contributed by atoms with van der Waals surface area (Å²) in [5.41, 5.74) is 1.85. The topological polar surface area (TPSA) is 49.8 Å². The van der Waals surface area contributed by atoms with Gasteiger partial charge in [-0.1, -0.05) is 11.6 Å². The molecule has 1 rings (SSSR count). The van der Waals surface area contributed by atoms with Crippen molar-refractivity contribution in [1.29, 1.82) is 0 Å². The molecule has 0 aliphatic rings. The SMILES string of the molecule is CCN(CCO)C(=O)COc1cc(C)c(Cl)c(C)c1. The summed E-state index contributed by atoms with van der Waals surface area (Å²) in [6.45, 7) is 6.47. The number of aliphatic hydroxyl groups excluding tert-OH is 1. The second kappa shape index (κ2) is 7.36. The van der Waals surface area contributed by atoms with Crippen LogP contribution in [0.15, 0.2) is 12.1 Å². The van der Waals surface area contributed by atoms with Crippen LogP contribution in [-0.2, 0) is 4.79 Å². The Hall–Kier alpha value is -1.26. The second-order valence-electron chi connectivity index (χ2n) is 4.36. The van der Waals surface area contributed by atoms with E-state index in [9.17, 15) is 4.79 Å². The summed E-state index contributed by atoms with van der Waals surface area (Å²) in [4.78, 5) is 13.4. The summed E-state index contributed by atoms with van der Waals surface area (Å²) in [7, 11) is 0. The molecule has 4 nitrogen and oxygen atoms in total. The molecule has 0 atom stereocenters. The molecule has 0 saturated carbocycles. The Labute approximate surface area is 118 Å². The van der Waals surface area contributed by atoms with Gasteiger partial charge in [0.05, 0.1) is 6.61 Å². The van der Waals surface area contributed by atoms with Crippen LogP contribution in [0.4, 0.5) is 0 Å². The maximum absolute atomic E-state index is 11.8.